The quantitative estimate of drug-likeness (QED) is 0.132. The van der Waals surface area contributed by atoms with Gasteiger partial charge in [0.1, 0.15) is 11.6 Å². The number of carbonyl (C=O) groups excluding carboxylic acids is 2. The lowest BCUT2D eigenvalue weighted by Gasteiger charge is -2.11. The molecule has 3 N–H and O–H groups in total. The van der Waals surface area contributed by atoms with Crippen molar-refractivity contribution in [3.05, 3.63) is 65.0 Å². The first-order valence-corrected chi connectivity index (χ1v) is 9.58. The van der Waals surface area contributed by atoms with Crippen LogP contribution >= 0.6 is 0 Å². The molecule has 2 aromatic rings. The van der Waals surface area contributed by atoms with E-state index in [1.165, 1.54) is 12.6 Å². The Kier molecular flexibility index (Phi) is 9.08. The van der Waals surface area contributed by atoms with Gasteiger partial charge in [-0.1, -0.05) is 18.6 Å². The lowest BCUT2D eigenvalue weighted by Crippen LogP contribution is -2.25. The largest absolute Gasteiger partial charge is 0.497 e. The van der Waals surface area contributed by atoms with Crippen molar-refractivity contribution in [2.45, 2.75) is 25.7 Å². The number of hydroxylamine groups is 1. The number of hydrogen-bond acceptors (Lipinski definition) is 4. The van der Waals surface area contributed by atoms with Crippen LogP contribution in [0.2, 0.25) is 0 Å². The molecule has 0 aliphatic carbocycles. The summed E-state index contributed by atoms with van der Waals surface area (Å²) in [5.74, 6) is -4.18. The summed E-state index contributed by atoms with van der Waals surface area (Å²) >= 11 is 0. The topological polar surface area (TPSA) is 87.7 Å². The van der Waals surface area contributed by atoms with Gasteiger partial charge in [-0.05, 0) is 48.7 Å². The minimum Gasteiger partial charge on any atom is -0.497 e. The van der Waals surface area contributed by atoms with Crippen LogP contribution in [0.15, 0.2) is 36.4 Å². The molecule has 0 heterocycles. The fraction of sp³-hybridized carbons (Fsp3) is 0.273. The number of benzene rings is 2. The van der Waals surface area contributed by atoms with E-state index in [1.54, 1.807) is 24.3 Å². The van der Waals surface area contributed by atoms with Crippen LogP contribution in [-0.2, 0) is 9.59 Å². The lowest BCUT2D eigenvalue weighted by atomic mass is 10.0. The zero-order valence-electron chi connectivity index (χ0n) is 16.9. The molecule has 0 aliphatic rings. The number of ether oxygens (including phenoxy) is 1. The van der Waals surface area contributed by atoms with Gasteiger partial charge in [0, 0.05) is 24.1 Å². The fourth-order valence-electron chi connectivity index (χ4n) is 2.81. The van der Waals surface area contributed by atoms with Gasteiger partial charge in [0.2, 0.25) is 5.91 Å². The summed E-state index contributed by atoms with van der Waals surface area (Å²) in [5, 5.41) is 11.1. The maximum absolute atomic E-state index is 14.1. The van der Waals surface area contributed by atoms with Crippen molar-refractivity contribution in [1.82, 2.24) is 10.8 Å². The molecule has 0 spiro atoms. The second-order valence-electron chi connectivity index (χ2n) is 6.64. The van der Waals surface area contributed by atoms with Crippen molar-refractivity contribution in [2.75, 3.05) is 13.7 Å². The Morgan fingerprint density at radius 2 is 1.68 bits per heavy atom. The van der Waals surface area contributed by atoms with E-state index in [-0.39, 0.29) is 18.5 Å². The second-order valence-corrected chi connectivity index (χ2v) is 6.64. The highest BCUT2D eigenvalue weighted by Crippen LogP contribution is 2.25. The molecule has 0 atom stereocenters. The molecule has 0 radical (unpaired) electrons. The molecule has 0 saturated carbocycles. The molecule has 0 bridgehead atoms. The summed E-state index contributed by atoms with van der Waals surface area (Å²) in [6.45, 7) is 0.251. The van der Waals surface area contributed by atoms with E-state index in [9.17, 15) is 22.8 Å². The van der Waals surface area contributed by atoms with Crippen LogP contribution in [0, 0.1) is 17.5 Å². The Morgan fingerprint density at radius 1 is 1.00 bits per heavy atom. The summed E-state index contributed by atoms with van der Waals surface area (Å²) in [7, 11) is 1.47. The van der Waals surface area contributed by atoms with Crippen molar-refractivity contribution >= 4 is 23.5 Å². The second kappa shape index (κ2) is 11.8. The molecule has 0 fully saturated rings. The number of hydrogen-bond donors (Lipinski definition) is 3. The van der Waals surface area contributed by atoms with Crippen LogP contribution in [0.25, 0.3) is 11.6 Å². The van der Waals surface area contributed by atoms with Crippen LogP contribution in [0.4, 0.5) is 13.2 Å². The van der Waals surface area contributed by atoms with Gasteiger partial charge in [0.05, 0.1) is 7.11 Å². The molecule has 6 nitrogen and oxygen atoms in total. The van der Waals surface area contributed by atoms with E-state index in [0.717, 1.165) is 12.1 Å². The summed E-state index contributed by atoms with van der Waals surface area (Å²) < 4.78 is 46.9. The van der Waals surface area contributed by atoms with E-state index in [2.05, 4.69) is 5.32 Å². The number of unbranched alkanes of at least 4 members (excludes halogenated alkanes) is 2. The SMILES string of the molecule is COc1ccc(/C(=C/c2c(F)ccc(F)c2F)C(=O)NCCCCCC(=O)NO)cc1. The molecule has 2 rings (SSSR count). The van der Waals surface area contributed by atoms with Crippen molar-refractivity contribution in [1.29, 1.82) is 0 Å². The number of amides is 2. The molecule has 0 saturated heterocycles. The average Bonchev–Trinajstić information content (AvgIpc) is 2.78. The standard InChI is InChI=1S/C22H23F3N2O4/c1-31-15-8-6-14(7-9-15)16(13-17-18(23)10-11-19(24)21(17)25)22(29)26-12-4-2-3-5-20(28)27-30/h6-11,13,30H,2-5,12H2,1H3,(H,26,29)(H,27,28)/b16-13-. The molecule has 2 aromatic carbocycles. The van der Waals surface area contributed by atoms with Gasteiger partial charge in [0.15, 0.2) is 11.6 Å². The summed E-state index contributed by atoms with van der Waals surface area (Å²) in [5.41, 5.74) is 1.19. The number of rotatable bonds is 10. The Bertz CT molecular complexity index is 947. The van der Waals surface area contributed by atoms with E-state index in [1.807, 2.05) is 0 Å². The number of carbonyl (C=O) groups is 2. The van der Waals surface area contributed by atoms with Gasteiger partial charge in [-0.25, -0.2) is 18.7 Å². The van der Waals surface area contributed by atoms with Crippen LogP contribution in [-0.4, -0.2) is 30.7 Å². The van der Waals surface area contributed by atoms with E-state index >= 15 is 0 Å². The van der Waals surface area contributed by atoms with Crippen LogP contribution in [0.1, 0.15) is 36.8 Å². The highest BCUT2D eigenvalue weighted by atomic mass is 19.2. The summed E-state index contributed by atoms with van der Waals surface area (Å²) in [6, 6.07) is 7.73. The van der Waals surface area contributed by atoms with Gasteiger partial charge in [0.25, 0.3) is 5.91 Å². The average molecular weight is 436 g/mol. The predicted octanol–water partition coefficient (Wildman–Crippen LogP) is 3.84. The molecule has 31 heavy (non-hydrogen) atoms. The number of methoxy groups -OCH3 is 1. The maximum Gasteiger partial charge on any atom is 0.251 e. The molecule has 2 amide bonds. The van der Waals surface area contributed by atoms with Crippen molar-refractivity contribution in [2.24, 2.45) is 0 Å². The molecule has 166 valence electrons. The zero-order valence-corrected chi connectivity index (χ0v) is 16.9. The predicted molar refractivity (Wildman–Crippen MR) is 109 cm³/mol. The molecule has 0 aromatic heterocycles. The minimum atomic E-state index is -1.39. The van der Waals surface area contributed by atoms with Gasteiger partial charge in [-0.2, -0.15) is 0 Å². The van der Waals surface area contributed by atoms with Crippen LogP contribution in [0.3, 0.4) is 0 Å². The van der Waals surface area contributed by atoms with Gasteiger partial charge in [-0.15, -0.1) is 0 Å². The molecular formula is C22H23F3N2O4. The van der Waals surface area contributed by atoms with E-state index < -0.39 is 34.8 Å². The Balaban J connectivity index is 2.19. The molecule has 0 aliphatic heterocycles. The maximum atomic E-state index is 14.1. The molecule has 0 unspecified atom stereocenters. The highest BCUT2D eigenvalue weighted by Gasteiger charge is 2.17. The smallest absolute Gasteiger partial charge is 0.251 e. The third kappa shape index (κ3) is 6.85. The third-order valence-electron chi connectivity index (χ3n) is 4.50. The first-order chi connectivity index (χ1) is 14.9. The van der Waals surface area contributed by atoms with Crippen LogP contribution < -0.4 is 15.5 Å². The fourth-order valence-corrected chi connectivity index (χ4v) is 2.81. The highest BCUT2D eigenvalue weighted by molar-refractivity contribution is 6.24. The monoisotopic (exact) mass is 436 g/mol. The van der Waals surface area contributed by atoms with E-state index in [4.69, 9.17) is 9.94 Å². The molecule has 9 heteroatoms. The zero-order chi connectivity index (χ0) is 22.8. The van der Waals surface area contributed by atoms with Crippen molar-refractivity contribution in [3.63, 3.8) is 0 Å². The Morgan fingerprint density at radius 3 is 2.32 bits per heavy atom. The normalized spacial score (nSPS) is 11.2. The van der Waals surface area contributed by atoms with Gasteiger partial charge < -0.3 is 10.1 Å². The van der Waals surface area contributed by atoms with E-state index in [0.29, 0.717) is 36.6 Å². The minimum absolute atomic E-state index is 0.0503. The number of nitrogens with one attached hydrogen (secondary N) is 2. The van der Waals surface area contributed by atoms with Gasteiger partial charge in [-0.3, -0.25) is 14.8 Å². The lowest BCUT2D eigenvalue weighted by molar-refractivity contribution is -0.129. The first kappa shape index (κ1) is 23.9. The molecular weight excluding hydrogens is 413 g/mol. The van der Waals surface area contributed by atoms with Crippen LogP contribution in [0.5, 0.6) is 5.75 Å². The Labute approximate surface area is 177 Å². The number of halogens is 3. The first-order valence-electron chi connectivity index (χ1n) is 9.58. The third-order valence-corrected chi connectivity index (χ3v) is 4.50. The van der Waals surface area contributed by atoms with Gasteiger partial charge >= 0.3 is 0 Å². The van der Waals surface area contributed by atoms with Crippen molar-refractivity contribution in [3.8, 4) is 5.75 Å². The Hall–Kier alpha value is -3.33. The summed E-state index contributed by atoms with van der Waals surface area (Å²) in [6.07, 6.45) is 2.80. The van der Waals surface area contributed by atoms with Crippen molar-refractivity contribution < 1.29 is 32.7 Å². The summed E-state index contributed by atoms with van der Waals surface area (Å²) in [4.78, 5) is 23.7.